The maximum atomic E-state index is 12.3. The Bertz CT molecular complexity index is 902. The molecule has 1 heterocycles. The van der Waals surface area contributed by atoms with E-state index in [0.717, 1.165) is 17.5 Å². The summed E-state index contributed by atoms with van der Waals surface area (Å²) in [5.74, 6) is -0.359. The van der Waals surface area contributed by atoms with Gasteiger partial charge in [-0.3, -0.25) is 4.79 Å². The number of nitrogens with two attached hydrogens (primary N) is 1. The van der Waals surface area contributed by atoms with E-state index in [9.17, 15) is 9.90 Å². The maximum absolute atomic E-state index is 12.3. The summed E-state index contributed by atoms with van der Waals surface area (Å²) >= 11 is 0. The summed E-state index contributed by atoms with van der Waals surface area (Å²) < 4.78 is 17.7. The molecule has 1 amide bonds. The zero-order valence-electron chi connectivity index (χ0n) is 16.9. The first kappa shape index (κ1) is 20.5. The lowest BCUT2D eigenvalue weighted by Crippen LogP contribution is -2.35. The molecular formula is C23H27NO6. The number of primary amides is 1. The van der Waals surface area contributed by atoms with Gasteiger partial charge in [-0.1, -0.05) is 30.3 Å². The molecular weight excluding hydrogens is 386 g/mol. The number of carbonyl (C=O) groups excluding carboxylic acids is 1. The van der Waals surface area contributed by atoms with Crippen molar-refractivity contribution < 1.29 is 29.2 Å². The lowest BCUT2D eigenvalue weighted by molar-refractivity contribution is -0.125. The second-order valence-electron chi connectivity index (χ2n) is 7.78. The minimum Gasteiger partial charge on any atom is -0.496 e. The van der Waals surface area contributed by atoms with Gasteiger partial charge >= 0.3 is 0 Å². The number of hydrogen-bond acceptors (Lipinski definition) is 6. The van der Waals surface area contributed by atoms with Crippen LogP contribution in [0.1, 0.15) is 35.8 Å². The monoisotopic (exact) mass is 413 g/mol. The molecule has 30 heavy (non-hydrogen) atoms. The number of hydrogen-bond donors (Lipinski definition) is 3. The predicted octanol–water partition coefficient (Wildman–Crippen LogP) is 1.95. The molecule has 4 N–H and O–H groups in total. The van der Waals surface area contributed by atoms with Crippen molar-refractivity contribution in [3.05, 3.63) is 53.6 Å². The summed E-state index contributed by atoms with van der Waals surface area (Å²) in [5.41, 5.74) is 7.33. The van der Waals surface area contributed by atoms with Crippen LogP contribution in [0.4, 0.5) is 0 Å². The fourth-order valence-corrected chi connectivity index (χ4v) is 4.76. The second kappa shape index (κ2) is 8.53. The number of rotatable bonds is 8. The number of unbranched alkanes of at least 4 members (excludes halogenated alkanes) is 1. The Hall–Kier alpha value is -2.77. The van der Waals surface area contributed by atoms with Gasteiger partial charge < -0.3 is 30.2 Å². The number of benzene rings is 2. The van der Waals surface area contributed by atoms with Gasteiger partial charge in [0.25, 0.3) is 0 Å². The fraction of sp³-hybridized carbons (Fsp3) is 0.435. The average Bonchev–Trinajstić information content (AvgIpc) is 3.26. The molecule has 160 valence electrons. The molecule has 0 aromatic heterocycles. The highest BCUT2D eigenvalue weighted by Crippen LogP contribution is 2.58. The van der Waals surface area contributed by atoms with Crippen molar-refractivity contribution in [2.45, 2.75) is 36.9 Å². The summed E-state index contributed by atoms with van der Waals surface area (Å²) in [6, 6.07) is 13.1. The third kappa shape index (κ3) is 3.48. The lowest BCUT2D eigenvalue weighted by Gasteiger charge is -2.23. The summed E-state index contributed by atoms with van der Waals surface area (Å²) in [5, 5.41) is 20.0. The molecule has 1 saturated carbocycles. The zero-order valence-corrected chi connectivity index (χ0v) is 16.9. The summed E-state index contributed by atoms with van der Waals surface area (Å²) in [4.78, 5) is 12.3. The van der Waals surface area contributed by atoms with Crippen molar-refractivity contribution in [3.8, 4) is 17.2 Å². The number of ether oxygens (including phenoxy) is 3. The Kier molecular flexibility index (Phi) is 5.83. The van der Waals surface area contributed by atoms with E-state index in [-0.39, 0.29) is 12.5 Å². The standard InChI is InChI=1S/C23H27NO6/c1-28-15-11-14(29-10-6-5-9-25)12-16-18(15)19-21(26)20(23(24)27)17(22(19)30-16)13-7-3-2-4-8-13/h2-4,7-8,11-12,17,19-22,25-26H,5-6,9-10H2,1H3,(H2,24,27)/t17-,19?,20?,21?,22?/m1/s1. The Balaban J connectivity index is 1.69. The predicted molar refractivity (Wildman–Crippen MR) is 110 cm³/mol. The third-order valence-electron chi connectivity index (χ3n) is 6.06. The van der Waals surface area contributed by atoms with Crippen LogP contribution in [0.15, 0.2) is 42.5 Å². The van der Waals surface area contributed by atoms with Crippen molar-refractivity contribution in [2.75, 3.05) is 20.3 Å². The van der Waals surface area contributed by atoms with Crippen molar-refractivity contribution in [1.82, 2.24) is 0 Å². The Morgan fingerprint density at radius 1 is 1.17 bits per heavy atom. The van der Waals surface area contributed by atoms with E-state index in [0.29, 0.717) is 30.3 Å². The zero-order chi connectivity index (χ0) is 21.3. The number of aliphatic hydroxyl groups excluding tert-OH is 2. The van der Waals surface area contributed by atoms with Crippen LogP contribution in [-0.4, -0.2) is 48.7 Å². The number of carbonyl (C=O) groups is 1. The van der Waals surface area contributed by atoms with Gasteiger partial charge in [0, 0.05) is 30.2 Å². The molecule has 4 unspecified atom stereocenters. The van der Waals surface area contributed by atoms with Crippen molar-refractivity contribution in [1.29, 1.82) is 0 Å². The molecule has 0 spiro atoms. The Labute approximate surface area is 175 Å². The molecule has 0 saturated heterocycles. The first-order chi connectivity index (χ1) is 14.6. The van der Waals surface area contributed by atoms with E-state index in [1.165, 1.54) is 0 Å². The summed E-state index contributed by atoms with van der Waals surface area (Å²) in [6.45, 7) is 0.595. The van der Waals surface area contributed by atoms with Gasteiger partial charge in [-0.25, -0.2) is 0 Å². The molecule has 4 rings (SSSR count). The molecule has 1 aliphatic carbocycles. The van der Waals surface area contributed by atoms with Crippen LogP contribution in [0.25, 0.3) is 0 Å². The van der Waals surface area contributed by atoms with E-state index in [2.05, 4.69) is 0 Å². The molecule has 2 aliphatic rings. The molecule has 1 aliphatic heterocycles. The van der Waals surface area contributed by atoms with Crippen LogP contribution in [-0.2, 0) is 4.79 Å². The smallest absolute Gasteiger partial charge is 0.223 e. The van der Waals surface area contributed by atoms with Crippen molar-refractivity contribution in [2.24, 2.45) is 11.7 Å². The molecule has 1 fully saturated rings. The minimum absolute atomic E-state index is 0.128. The number of amides is 1. The minimum atomic E-state index is -0.982. The van der Waals surface area contributed by atoms with Crippen LogP contribution in [0.3, 0.4) is 0 Å². The molecule has 0 bridgehead atoms. The van der Waals surface area contributed by atoms with Gasteiger partial charge in [-0.05, 0) is 18.4 Å². The third-order valence-corrected chi connectivity index (χ3v) is 6.06. The number of methoxy groups -OCH3 is 1. The normalized spacial score (nSPS) is 26.6. The van der Waals surface area contributed by atoms with E-state index < -0.39 is 30.0 Å². The average molecular weight is 413 g/mol. The van der Waals surface area contributed by atoms with Gasteiger partial charge in [0.05, 0.1) is 31.7 Å². The first-order valence-electron chi connectivity index (χ1n) is 10.2. The van der Waals surface area contributed by atoms with Crippen molar-refractivity contribution in [3.63, 3.8) is 0 Å². The Morgan fingerprint density at radius 3 is 2.60 bits per heavy atom. The van der Waals surface area contributed by atoms with E-state index in [1.807, 2.05) is 30.3 Å². The number of fused-ring (bicyclic) bond motifs is 3. The quantitative estimate of drug-likeness (QED) is 0.571. The highest BCUT2D eigenvalue weighted by atomic mass is 16.5. The fourth-order valence-electron chi connectivity index (χ4n) is 4.76. The largest absolute Gasteiger partial charge is 0.496 e. The summed E-state index contributed by atoms with van der Waals surface area (Å²) in [6.07, 6.45) is -0.0168. The van der Waals surface area contributed by atoms with Crippen LogP contribution >= 0.6 is 0 Å². The highest BCUT2D eigenvalue weighted by molar-refractivity contribution is 5.80. The SMILES string of the molecule is COc1cc(OCCCCO)cc2c1C1C(O)C(C(N)=O)[C@@H](c3ccccc3)C1O2. The van der Waals surface area contributed by atoms with Gasteiger partial charge in [0.1, 0.15) is 23.4 Å². The van der Waals surface area contributed by atoms with Gasteiger partial charge in [-0.2, -0.15) is 0 Å². The molecule has 7 heteroatoms. The van der Waals surface area contributed by atoms with Crippen LogP contribution in [0.5, 0.6) is 17.2 Å². The molecule has 5 atom stereocenters. The summed E-state index contributed by atoms with van der Waals surface area (Å²) in [7, 11) is 1.56. The molecule has 0 radical (unpaired) electrons. The topological polar surface area (TPSA) is 111 Å². The Morgan fingerprint density at radius 2 is 1.93 bits per heavy atom. The first-order valence-corrected chi connectivity index (χ1v) is 10.2. The van der Waals surface area contributed by atoms with Gasteiger partial charge in [0.2, 0.25) is 5.91 Å². The maximum Gasteiger partial charge on any atom is 0.223 e. The van der Waals surface area contributed by atoms with Gasteiger partial charge in [0.15, 0.2) is 0 Å². The molecule has 2 aromatic carbocycles. The molecule has 7 nitrogen and oxygen atoms in total. The van der Waals surface area contributed by atoms with Crippen LogP contribution < -0.4 is 19.9 Å². The second-order valence-corrected chi connectivity index (χ2v) is 7.78. The van der Waals surface area contributed by atoms with E-state index in [4.69, 9.17) is 25.1 Å². The highest BCUT2D eigenvalue weighted by Gasteiger charge is 2.59. The van der Waals surface area contributed by atoms with Crippen LogP contribution in [0.2, 0.25) is 0 Å². The van der Waals surface area contributed by atoms with Gasteiger partial charge in [-0.15, -0.1) is 0 Å². The molecule has 2 aromatic rings. The van der Waals surface area contributed by atoms with E-state index in [1.54, 1.807) is 19.2 Å². The van der Waals surface area contributed by atoms with Crippen molar-refractivity contribution >= 4 is 5.91 Å². The van der Waals surface area contributed by atoms with Crippen LogP contribution in [0, 0.1) is 5.92 Å². The number of aliphatic hydroxyl groups is 2. The van der Waals surface area contributed by atoms with E-state index >= 15 is 0 Å². The lowest BCUT2D eigenvalue weighted by atomic mass is 9.86.